The Hall–Kier alpha value is -2.38. The van der Waals surface area contributed by atoms with Crippen LogP contribution in [-0.2, 0) is 28.7 Å². The Morgan fingerprint density at radius 3 is 1.43 bits per heavy atom. The Morgan fingerprint density at radius 1 is 0.826 bits per heavy atom. The summed E-state index contributed by atoms with van der Waals surface area (Å²) in [6, 6.07) is 0. The summed E-state index contributed by atoms with van der Waals surface area (Å²) in [5, 5.41) is 18.8. The maximum absolute atomic E-state index is 12.0. The van der Waals surface area contributed by atoms with Crippen LogP contribution in [0.3, 0.4) is 0 Å². The van der Waals surface area contributed by atoms with E-state index in [0.29, 0.717) is 6.42 Å². The van der Waals surface area contributed by atoms with Gasteiger partial charge in [-0.2, -0.15) is 0 Å². The molecule has 0 aromatic rings. The van der Waals surface area contributed by atoms with Crippen molar-refractivity contribution in [2.45, 2.75) is 6.42 Å². The van der Waals surface area contributed by atoms with Crippen molar-refractivity contribution in [3.8, 4) is 0 Å². The van der Waals surface area contributed by atoms with E-state index in [9.17, 15) is 29.4 Å². The van der Waals surface area contributed by atoms with Gasteiger partial charge < -0.3 is 19.7 Å². The molecule has 0 aromatic heterocycles. The average Bonchev–Trinajstić information content (AvgIpc) is 2.98. The van der Waals surface area contributed by atoms with E-state index >= 15 is 0 Å². The van der Waals surface area contributed by atoms with Crippen molar-refractivity contribution in [3.05, 3.63) is 11.1 Å². The molecule has 124 valence electrons. The summed E-state index contributed by atoms with van der Waals surface area (Å²) >= 11 is 0. The van der Waals surface area contributed by atoms with E-state index < -0.39 is 59.4 Å². The minimum absolute atomic E-state index is 0.145. The van der Waals surface area contributed by atoms with Crippen molar-refractivity contribution < 1.29 is 38.9 Å². The van der Waals surface area contributed by atoms with Crippen LogP contribution < -0.4 is 0 Å². The number of ether oxygens (including phenoxy) is 2. The van der Waals surface area contributed by atoms with E-state index in [-0.39, 0.29) is 11.1 Å². The highest BCUT2D eigenvalue weighted by molar-refractivity contribution is 6.05. The Bertz CT molecular complexity index is 594. The third-order valence-corrected chi connectivity index (χ3v) is 5.50. The molecule has 3 aliphatic rings. The molecule has 2 fully saturated rings. The van der Waals surface area contributed by atoms with Crippen LogP contribution in [0.15, 0.2) is 11.1 Å². The summed E-state index contributed by atoms with van der Waals surface area (Å²) in [5.41, 5.74) is 0.291. The predicted octanol–water partition coefficient (Wildman–Crippen LogP) is -0.0737. The third-order valence-electron chi connectivity index (χ3n) is 5.50. The van der Waals surface area contributed by atoms with Crippen LogP contribution in [0.5, 0.6) is 0 Å². The van der Waals surface area contributed by atoms with Crippen molar-refractivity contribution >= 4 is 23.9 Å². The van der Waals surface area contributed by atoms with Crippen molar-refractivity contribution in [3.63, 3.8) is 0 Å². The first-order chi connectivity index (χ1) is 10.8. The van der Waals surface area contributed by atoms with Crippen LogP contribution >= 0.6 is 0 Å². The van der Waals surface area contributed by atoms with Crippen molar-refractivity contribution in [2.75, 3.05) is 14.2 Å². The molecule has 0 radical (unpaired) electrons. The topological polar surface area (TPSA) is 127 Å². The Balaban J connectivity index is 2.06. The molecule has 3 aliphatic carbocycles. The van der Waals surface area contributed by atoms with Crippen LogP contribution in [0.2, 0.25) is 0 Å². The van der Waals surface area contributed by atoms with Gasteiger partial charge in [-0.25, -0.2) is 9.59 Å². The van der Waals surface area contributed by atoms with Gasteiger partial charge in [-0.1, -0.05) is 0 Å². The number of fused-ring (bicyclic) bond motifs is 5. The standard InChI is InChI=1S/C15H16O8/c1-22-14(20)10-6-4-3-5(7(6)11(10)15(21)23-2)9(13(18)19)8(4)12(16)17/h4-9H,3H2,1-2H3,(H,16,17)(H,18,19). The fourth-order valence-corrected chi connectivity index (χ4v) is 4.85. The van der Waals surface area contributed by atoms with Crippen molar-refractivity contribution in [1.29, 1.82) is 0 Å². The number of aliphatic carboxylic acids is 2. The molecule has 6 atom stereocenters. The quantitative estimate of drug-likeness (QED) is 0.688. The van der Waals surface area contributed by atoms with Gasteiger partial charge in [0.05, 0.1) is 37.2 Å². The van der Waals surface area contributed by atoms with Gasteiger partial charge in [0.25, 0.3) is 0 Å². The first kappa shape index (κ1) is 15.5. The Labute approximate surface area is 131 Å². The van der Waals surface area contributed by atoms with Gasteiger partial charge in [-0.3, -0.25) is 9.59 Å². The van der Waals surface area contributed by atoms with Crippen LogP contribution in [-0.4, -0.2) is 48.3 Å². The second-order valence-corrected chi connectivity index (χ2v) is 6.15. The first-order valence-corrected chi connectivity index (χ1v) is 7.21. The van der Waals surface area contributed by atoms with E-state index in [1.165, 1.54) is 14.2 Å². The molecule has 2 bridgehead atoms. The molecule has 8 heteroatoms. The molecule has 0 saturated heterocycles. The molecule has 2 N–H and O–H groups in total. The van der Waals surface area contributed by atoms with E-state index in [1.807, 2.05) is 0 Å². The fourth-order valence-electron chi connectivity index (χ4n) is 4.85. The highest BCUT2D eigenvalue weighted by Crippen LogP contribution is 2.67. The summed E-state index contributed by atoms with van der Waals surface area (Å²) < 4.78 is 9.39. The number of carbonyl (C=O) groups excluding carboxylic acids is 2. The number of carbonyl (C=O) groups is 4. The van der Waals surface area contributed by atoms with Crippen LogP contribution in [0.4, 0.5) is 0 Å². The molecule has 23 heavy (non-hydrogen) atoms. The zero-order chi connectivity index (χ0) is 17.0. The lowest BCUT2D eigenvalue weighted by Crippen LogP contribution is -2.51. The second-order valence-electron chi connectivity index (χ2n) is 6.15. The maximum Gasteiger partial charge on any atom is 0.334 e. The average molecular weight is 324 g/mol. The van der Waals surface area contributed by atoms with Gasteiger partial charge in [0.1, 0.15) is 0 Å². The minimum atomic E-state index is -1.18. The molecule has 6 unspecified atom stereocenters. The smallest absolute Gasteiger partial charge is 0.334 e. The van der Waals surface area contributed by atoms with Gasteiger partial charge in [0.15, 0.2) is 0 Å². The highest BCUT2D eigenvalue weighted by atomic mass is 16.5. The second kappa shape index (κ2) is 5.07. The molecule has 0 heterocycles. The SMILES string of the molecule is COC(=O)C1=C(C(=O)OC)C2C3CC(C(C(=O)O)C3C(=O)O)C12. The molecule has 2 saturated carbocycles. The fraction of sp³-hybridized carbons (Fsp3) is 0.600. The molecule has 0 aliphatic heterocycles. The summed E-state index contributed by atoms with van der Waals surface area (Å²) in [7, 11) is 2.36. The largest absolute Gasteiger partial charge is 0.481 e. The lowest BCUT2D eigenvalue weighted by molar-refractivity contribution is -0.160. The molecule has 0 spiro atoms. The predicted molar refractivity (Wildman–Crippen MR) is 71.9 cm³/mol. The van der Waals surface area contributed by atoms with Crippen LogP contribution in [0.1, 0.15) is 6.42 Å². The summed E-state index contributed by atoms with van der Waals surface area (Å²) in [5.74, 6) is -7.70. The Kier molecular flexibility index (Phi) is 3.42. The van der Waals surface area contributed by atoms with E-state index in [2.05, 4.69) is 0 Å². The lowest BCUT2D eigenvalue weighted by atomic mass is 9.56. The Morgan fingerprint density at radius 2 is 1.17 bits per heavy atom. The van der Waals surface area contributed by atoms with Gasteiger partial charge in [0, 0.05) is 11.8 Å². The van der Waals surface area contributed by atoms with Gasteiger partial charge in [-0.15, -0.1) is 0 Å². The number of carboxylic acid groups (broad SMARTS) is 2. The van der Waals surface area contributed by atoms with E-state index in [0.717, 1.165) is 0 Å². The van der Waals surface area contributed by atoms with Crippen molar-refractivity contribution in [2.24, 2.45) is 35.5 Å². The highest BCUT2D eigenvalue weighted by Gasteiger charge is 2.70. The normalized spacial score (nSPS) is 37.0. The monoisotopic (exact) mass is 324 g/mol. The maximum atomic E-state index is 12.0. The molecule has 0 amide bonds. The van der Waals surface area contributed by atoms with E-state index in [4.69, 9.17) is 9.47 Å². The number of methoxy groups -OCH3 is 2. The number of rotatable bonds is 4. The number of hydrogen-bond donors (Lipinski definition) is 2. The first-order valence-electron chi connectivity index (χ1n) is 7.21. The minimum Gasteiger partial charge on any atom is -0.481 e. The van der Waals surface area contributed by atoms with Crippen molar-refractivity contribution in [1.82, 2.24) is 0 Å². The van der Waals surface area contributed by atoms with Gasteiger partial charge >= 0.3 is 23.9 Å². The van der Waals surface area contributed by atoms with Crippen LogP contribution in [0, 0.1) is 35.5 Å². The summed E-state index contributed by atoms with van der Waals surface area (Å²) in [6.45, 7) is 0. The molecule has 0 aromatic carbocycles. The molecular weight excluding hydrogens is 308 g/mol. The molecule has 8 nitrogen and oxygen atoms in total. The third kappa shape index (κ3) is 1.83. The summed E-state index contributed by atoms with van der Waals surface area (Å²) in [4.78, 5) is 47.0. The van der Waals surface area contributed by atoms with Gasteiger partial charge in [-0.05, 0) is 18.3 Å². The van der Waals surface area contributed by atoms with E-state index in [1.54, 1.807) is 0 Å². The van der Waals surface area contributed by atoms with Gasteiger partial charge in [0.2, 0.25) is 0 Å². The zero-order valence-electron chi connectivity index (χ0n) is 12.5. The lowest BCUT2D eigenvalue weighted by Gasteiger charge is -2.45. The molecule has 3 rings (SSSR count). The molecular formula is C15H16O8. The number of hydrogen-bond acceptors (Lipinski definition) is 6. The van der Waals surface area contributed by atoms with Crippen LogP contribution in [0.25, 0.3) is 0 Å². The zero-order valence-corrected chi connectivity index (χ0v) is 12.5. The number of esters is 2. The number of carboxylic acids is 2. The summed E-state index contributed by atoms with van der Waals surface area (Å²) in [6.07, 6.45) is 0.365.